The molecule has 3 saturated heterocycles. The topological polar surface area (TPSA) is 87.2 Å². The van der Waals surface area contributed by atoms with Crippen molar-refractivity contribution in [3.05, 3.63) is 25.3 Å². The molecule has 3 aliphatic heterocycles. The smallest absolute Gasteiger partial charge is 0.310 e. The first-order valence-corrected chi connectivity index (χ1v) is 13.2. The number of hydrogen-bond donors (Lipinski definition) is 1. The number of fused-ring (bicyclic) bond motifs is 1. The number of nitrogens with zero attached hydrogens (tertiary/aromatic N) is 2. The summed E-state index contributed by atoms with van der Waals surface area (Å²) < 4.78 is 4.93. The molecule has 2 amide bonds. The Hall–Kier alpha value is -1.80. The molecule has 7 nitrogen and oxygen atoms in total. The van der Waals surface area contributed by atoms with Crippen molar-refractivity contribution < 1.29 is 24.2 Å². The molecule has 1 N–H and O–H groups in total. The first-order valence-electron chi connectivity index (χ1n) is 12.3. The number of aliphatic hydroxyl groups excluding tert-OH is 1. The molecule has 0 aromatic carbocycles. The summed E-state index contributed by atoms with van der Waals surface area (Å²) in [6.07, 6.45) is 6.82. The number of thioether (sulfide) groups is 1. The maximum atomic E-state index is 14.1. The van der Waals surface area contributed by atoms with Crippen molar-refractivity contribution >= 4 is 29.5 Å². The van der Waals surface area contributed by atoms with Gasteiger partial charge in [0.1, 0.15) is 6.04 Å². The second-order valence-electron chi connectivity index (χ2n) is 10.7. The van der Waals surface area contributed by atoms with Gasteiger partial charge in [0.05, 0.1) is 29.8 Å². The summed E-state index contributed by atoms with van der Waals surface area (Å²) in [6.45, 7) is 16.0. The fraction of sp³-hybridized carbons (Fsp3) is 0.731. The number of allylic oxidation sites excluding steroid dienone is 1. The van der Waals surface area contributed by atoms with Gasteiger partial charge in [-0.25, -0.2) is 0 Å². The van der Waals surface area contributed by atoms with E-state index in [-0.39, 0.29) is 42.1 Å². The molecule has 3 aliphatic rings. The van der Waals surface area contributed by atoms with Crippen LogP contribution in [0.25, 0.3) is 0 Å². The molecule has 3 fully saturated rings. The standard InChI is InChI=1S/C26H40N2O5S/c1-7-9-10-11-15-33-24(32)19-18-16-17(3)26(34-18)20(19)22(30)27(13-14-29)21(26)23(31)28(12-8-2)25(4,5)6/h7-8,17-21,29H,1-2,9-16H2,3-6H3/t17?,18-,19+,20-,21?,26?/m0/s1. The van der Waals surface area contributed by atoms with Crippen LogP contribution < -0.4 is 0 Å². The number of amides is 2. The molecule has 0 saturated carbocycles. The number of carbonyl (C=O) groups is 3. The average molecular weight is 493 g/mol. The van der Waals surface area contributed by atoms with Crippen molar-refractivity contribution in [2.24, 2.45) is 17.8 Å². The monoisotopic (exact) mass is 492 g/mol. The summed E-state index contributed by atoms with van der Waals surface area (Å²) in [5.74, 6) is -1.78. The minimum Gasteiger partial charge on any atom is -0.465 e. The van der Waals surface area contributed by atoms with Crippen LogP contribution in [0.3, 0.4) is 0 Å². The van der Waals surface area contributed by atoms with Gasteiger partial charge in [-0.15, -0.1) is 24.9 Å². The minimum atomic E-state index is -0.730. The normalized spacial score (nSPS) is 32.0. The molecule has 0 aliphatic carbocycles. The molecular weight excluding hydrogens is 452 g/mol. The van der Waals surface area contributed by atoms with E-state index < -0.39 is 28.2 Å². The Balaban J connectivity index is 1.94. The van der Waals surface area contributed by atoms with E-state index in [1.165, 1.54) is 4.90 Å². The first kappa shape index (κ1) is 26.8. The number of ether oxygens (including phenoxy) is 1. The lowest BCUT2D eigenvalue weighted by atomic mass is 9.66. The number of hydrogen-bond acceptors (Lipinski definition) is 6. The van der Waals surface area contributed by atoms with E-state index in [0.717, 1.165) is 25.7 Å². The first-order chi connectivity index (χ1) is 16.1. The number of unbranched alkanes of at least 4 members (excludes halogenated alkanes) is 2. The van der Waals surface area contributed by atoms with E-state index in [1.54, 1.807) is 22.7 Å². The van der Waals surface area contributed by atoms with Crippen molar-refractivity contribution in [1.29, 1.82) is 0 Å². The fourth-order valence-corrected chi connectivity index (χ4v) is 8.45. The molecule has 190 valence electrons. The fourth-order valence-electron chi connectivity index (χ4n) is 6.05. The number of β-amino-alcohol motifs (C(OH)–C–C–N with tert-alkyl or cyclic N) is 1. The zero-order valence-electron chi connectivity index (χ0n) is 21.0. The van der Waals surface area contributed by atoms with Gasteiger partial charge in [-0.1, -0.05) is 19.1 Å². The predicted molar refractivity (Wildman–Crippen MR) is 134 cm³/mol. The highest BCUT2D eigenvalue weighted by molar-refractivity contribution is 8.02. The van der Waals surface area contributed by atoms with Crippen LogP contribution >= 0.6 is 11.8 Å². The van der Waals surface area contributed by atoms with Crippen molar-refractivity contribution in [2.75, 3.05) is 26.3 Å². The Morgan fingerprint density at radius 1 is 1.29 bits per heavy atom. The van der Waals surface area contributed by atoms with Gasteiger partial charge in [-0.3, -0.25) is 14.4 Å². The van der Waals surface area contributed by atoms with E-state index >= 15 is 0 Å². The van der Waals surface area contributed by atoms with Crippen LogP contribution in [0.1, 0.15) is 53.4 Å². The number of rotatable bonds is 11. The van der Waals surface area contributed by atoms with Crippen LogP contribution in [0.4, 0.5) is 0 Å². The largest absolute Gasteiger partial charge is 0.465 e. The van der Waals surface area contributed by atoms with Crippen LogP contribution in [0.5, 0.6) is 0 Å². The average Bonchev–Trinajstić information content (AvgIpc) is 3.35. The molecule has 34 heavy (non-hydrogen) atoms. The van der Waals surface area contributed by atoms with Crippen molar-refractivity contribution in [3.63, 3.8) is 0 Å². The maximum Gasteiger partial charge on any atom is 0.310 e. The summed E-state index contributed by atoms with van der Waals surface area (Å²) in [6, 6.07) is -0.730. The van der Waals surface area contributed by atoms with Gasteiger partial charge in [0.2, 0.25) is 11.8 Å². The third kappa shape index (κ3) is 4.43. The van der Waals surface area contributed by atoms with Gasteiger partial charge in [-0.05, 0) is 52.4 Å². The van der Waals surface area contributed by atoms with Crippen LogP contribution in [0.2, 0.25) is 0 Å². The molecule has 3 unspecified atom stereocenters. The van der Waals surface area contributed by atoms with Gasteiger partial charge >= 0.3 is 5.97 Å². The van der Waals surface area contributed by atoms with Crippen LogP contribution in [-0.4, -0.2) is 80.6 Å². The van der Waals surface area contributed by atoms with E-state index in [4.69, 9.17) is 4.74 Å². The molecule has 0 aromatic heterocycles. The SMILES string of the molecule is C=CCCCCOC(=O)[C@@H]1[C@@H]2CC(C)C3(S2)C(C(=O)N(CC=C)C(C)(C)C)N(CCO)C(=O)[C@H]13. The third-order valence-electron chi connectivity index (χ3n) is 7.53. The van der Waals surface area contributed by atoms with Gasteiger partial charge in [-0.2, -0.15) is 0 Å². The Kier molecular flexibility index (Phi) is 8.23. The lowest BCUT2D eigenvalue weighted by molar-refractivity contribution is -0.154. The molecule has 6 atom stereocenters. The predicted octanol–water partition coefficient (Wildman–Crippen LogP) is 3.03. The zero-order valence-corrected chi connectivity index (χ0v) is 21.8. The van der Waals surface area contributed by atoms with E-state index in [0.29, 0.717) is 13.2 Å². The summed E-state index contributed by atoms with van der Waals surface area (Å²) in [5, 5.41) is 9.72. The number of likely N-dealkylation sites (tertiary alicyclic amines) is 1. The highest BCUT2D eigenvalue weighted by atomic mass is 32.2. The minimum absolute atomic E-state index is 0.0429. The molecular formula is C26H40N2O5S. The molecule has 0 aromatic rings. The highest BCUT2D eigenvalue weighted by Gasteiger charge is 2.76. The quantitative estimate of drug-likeness (QED) is 0.271. The van der Waals surface area contributed by atoms with Gasteiger partial charge in [0.15, 0.2) is 0 Å². The molecule has 0 radical (unpaired) electrons. The van der Waals surface area contributed by atoms with Gasteiger partial charge in [0, 0.05) is 23.9 Å². The van der Waals surface area contributed by atoms with Crippen molar-refractivity contribution in [1.82, 2.24) is 9.80 Å². The van der Waals surface area contributed by atoms with Crippen LogP contribution in [0, 0.1) is 17.8 Å². The van der Waals surface area contributed by atoms with E-state index in [9.17, 15) is 19.5 Å². The molecule has 3 heterocycles. The third-order valence-corrected chi connectivity index (χ3v) is 9.60. The number of esters is 1. The number of carbonyl (C=O) groups excluding carboxylic acids is 3. The summed E-state index contributed by atoms with van der Waals surface area (Å²) in [5.41, 5.74) is -0.470. The molecule has 1 spiro atoms. The summed E-state index contributed by atoms with van der Waals surface area (Å²) in [7, 11) is 0. The van der Waals surface area contributed by atoms with E-state index in [1.807, 2.05) is 26.8 Å². The molecule has 8 heteroatoms. The lowest BCUT2D eigenvalue weighted by Gasteiger charge is -2.43. The zero-order chi connectivity index (χ0) is 25.3. The lowest BCUT2D eigenvalue weighted by Crippen LogP contribution is -2.60. The summed E-state index contributed by atoms with van der Waals surface area (Å²) >= 11 is 1.63. The van der Waals surface area contributed by atoms with Crippen LogP contribution in [-0.2, 0) is 19.1 Å². The second kappa shape index (κ2) is 10.4. The van der Waals surface area contributed by atoms with Gasteiger partial charge in [0.25, 0.3) is 0 Å². The second-order valence-corrected chi connectivity index (χ2v) is 12.2. The number of aliphatic hydroxyl groups is 1. The molecule has 2 bridgehead atoms. The Morgan fingerprint density at radius 2 is 2.00 bits per heavy atom. The highest BCUT2D eigenvalue weighted by Crippen LogP contribution is 2.68. The Morgan fingerprint density at radius 3 is 2.59 bits per heavy atom. The summed E-state index contributed by atoms with van der Waals surface area (Å²) in [4.78, 5) is 44.4. The van der Waals surface area contributed by atoms with Crippen molar-refractivity contribution in [2.45, 2.75) is 75.0 Å². The van der Waals surface area contributed by atoms with E-state index in [2.05, 4.69) is 20.1 Å². The van der Waals surface area contributed by atoms with Crippen LogP contribution in [0.15, 0.2) is 25.3 Å². The van der Waals surface area contributed by atoms with Gasteiger partial charge < -0.3 is 19.6 Å². The van der Waals surface area contributed by atoms with Crippen molar-refractivity contribution in [3.8, 4) is 0 Å². The Labute approximate surface area is 208 Å². The molecule has 3 rings (SSSR count). The maximum absolute atomic E-state index is 14.1. The Bertz CT molecular complexity index is 824.